The summed E-state index contributed by atoms with van der Waals surface area (Å²) in [5, 5.41) is 6.57. The maximum absolute atomic E-state index is 13.1. The second-order valence-corrected chi connectivity index (χ2v) is 10.0. The topological polar surface area (TPSA) is 70.7 Å². The minimum atomic E-state index is -0.452. The zero-order valence-corrected chi connectivity index (χ0v) is 20.2. The van der Waals surface area contributed by atoms with Crippen LogP contribution in [0.5, 0.6) is 0 Å². The van der Waals surface area contributed by atoms with Crippen molar-refractivity contribution >= 4 is 35.2 Å². The fourth-order valence-corrected chi connectivity index (χ4v) is 6.17. The summed E-state index contributed by atoms with van der Waals surface area (Å²) in [5.41, 5.74) is 1.26. The minimum Gasteiger partial charge on any atom is -0.379 e. The van der Waals surface area contributed by atoms with Gasteiger partial charge in [0, 0.05) is 30.9 Å². The third-order valence-electron chi connectivity index (χ3n) is 6.39. The molecule has 2 aromatic carbocycles. The number of halogens is 1. The molecule has 2 N–H and O–H groups in total. The van der Waals surface area contributed by atoms with Gasteiger partial charge in [0.2, 0.25) is 5.91 Å². The van der Waals surface area contributed by atoms with Gasteiger partial charge in [-0.05, 0) is 29.9 Å². The molecule has 0 aliphatic carbocycles. The molecule has 33 heavy (non-hydrogen) atoms. The first-order chi connectivity index (χ1) is 16.1. The van der Waals surface area contributed by atoms with Crippen molar-refractivity contribution < 1.29 is 14.3 Å². The van der Waals surface area contributed by atoms with E-state index < -0.39 is 6.04 Å². The Morgan fingerprint density at radius 2 is 1.82 bits per heavy atom. The van der Waals surface area contributed by atoms with Crippen LogP contribution in [0, 0.1) is 0 Å². The van der Waals surface area contributed by atoms with Crippen LogP contribution < -0.4 is 10.6 Å². The predicted octanol–water partition coefficient (Wildman–Crippen LogP) is 3.53. The Morgan fingerprint density at radius 3 is 2.52 bits per heavy atom. The zero-order valence-electron chi connectivity index (χ0n) is 18.6. The number of carbonyl (C=O) groups excluding carboxylic acids is 2. The molecule has 0 bridgehead atoms. The highest BCUT2D eigenvalue weighted by Gasteiger charge is 2.41. The molecule has 176 valence electrons. The Kier molecular flexibility index (Phi) is 8.30. The van der Waals surface area contributed by atoms with E-state index in [-0.39, 0.29) is 23.8 Å². The van der Waals surface area contributed by atoms with Gasteiger partial charge in [-0.1, -0.05) is 54.1 Å². The lowest BCUT2D eigenvalue weighted by atomic mass is 9.95. The molecule has 2 fully saturated rings. The lowest BCUT2D eigenvalue weighted by Crippen LogP contribution is -2.59. The van der Waals surface area contributed by atoms with Crippen molar-refractivity contribution in [3.8, 4) is 0 Å². The SMILES string of the molecule is O=C(CC(NC(=O)c1ccccc1Cl)c1ccccc1)NCC1(N2CCOCC2)CCSC1. The van der Waals surface area contributed by atoms with Crippen LogP contribution in [0.15, 0.2) is 54.6 Å². The molecule has 0 spiro atoms. The number of thioether (sulfide) groups is 1. The van der Waals surface area contributed by atoms with E-state index in [0.717, 1.165) is 49.8 Å². The molecule has 2 aliphatic heterocycles. The average molecular weight is 488 g/mol. The number of hydrogen-bond acceptors (Lipinski definition) is 5. The number of ether oxygens (including phenoxy) is 1. The molecule has 6 nitrogen and oxygen atoms in total. The van der Waals surface area contributed by atoms with Crippen molar-refractivity contribution in [2.24, 2.45) is 0 Å². The van der Waals surface area contributed by atoms with Crippen molar-refractivity contribution in [3.05, 3.63) is 70.7 Å². The van der Waals surface area contributed by atoms with E-state index in [4.69, 9.17) is 16.3 Å². The lowest BCUT2D eigenvalue weighted by molar-refractivity contribution is -0.122. The first-order valence-electron chi connectivity index (χ1n) is 11.3. The van der Waals surface area contributed by atoms with Crippen molar-refractivity contribution in [1.29, 1.82) is 0 Å². The molecule has 0 radical (unpaired) electrons. The molecule has 2 unspecified atom stereocenters. The van der Waals surface area contributed by atoms with Gasteiger partial charge >= 0.3 is 0 Å². The normalized spacial score (nSPS) is 22.0. The van der Waals surface area contributed by atoms with Crippen LogP contribution >= 0.6 is 23.4 Å². The van der Waals surface area contributed by atoms with Crippen LogP contribution in [0.1, 0.15) is 34.8 Å². The summed E-state index contributed by atoms with van der Waals surface area (Å²) in [6.45, 7) is 3.89. The van der Waals surface area contributed by atoms with Crippen LogP contribution in [0.4, 0.5) is 0 Å². The Labute approximate surface area is 204 Å². The quantitative estimate of drug-likeness (QED) is 0.596. The van der Waals surface area contributed by atoms with Crippen LogP contribution in [-0.4, -0.2) is 66.6 Å². The van der Waals surface area contributed by atoms with E-state index in [1.165, 1.54) is 0 Å². The molecule has 0 saturated carbocycles. The summed E-state index contributed by atoms with van der Waals surface area (Å²) in [6.07, 6.45) is 1.22. The average Bonchev–Trinajstić information content (AvgIpc) is 3.34. The van der Waals surface area contributed by atoms with E-state index in [9.17, 15) is 9.59 Å². The van der Waals surface area contributed by atoms with Crippen LogP contribution in [0.25, 0.3) is 0 Å². The Balaban J connectivity index is 1.43. The fraction of sp³-hybridized carbons (Fsp3) is 0.440. The third-order valence-corrected chi connectivity index (χ3v) is 7.96. The summed E-state index contributed by atoms with van der Waals surface area (Å²) in [5.74, 6) is 1.75. The number of benzene rings is 2. The number of nitrogens with one attached hydrogen (secondary N) is 2. The summed E-state index contributed by atoms with van der Waals surface area (Å²) >= 11 is 8.15. The summed E-state index contributed by atoms with van der Waals surface area (Å²) in [7, 11) is 0. The summed E-state index contributed by atoms with van der Waals surface area (Å²) in [4.78, 5) is 28.4. The minimum absolute atomic E-state index is 0.0207. The highest BCUT2D eigenvalue weighted by atomic mass is 35.5. The maximum Gasteiger partial charge on any atom is 0.253 e. The molecule has 2 saturated heterocycles. The second-order valence-electron chi connectivity index (χ2n) is 8.52. The van der Waals surface area contributed by atoms with E-state index in [1.807, 2.05) is 42.1 Å². The Morgan fingerprint density at radius 1 is 1.09 bits per heavy atom. The molecule has 0 aromatic heterocycles. The molecule has 2 aliphatic rings. The smallest absolute Gasteiger partial charge is 0.253 e. The monoisotopic (exact) mass is 487 g/mol. The lowest BCUT2D eigenvalue weighted by Gasteiger charge is -2.43. The van der Waals surface area contributed by atoms with Crippen molar-refractivity contribution in [2.45, 2.75) is 24.4 Å². The molecule has 2 atom stereocenters. The van der Waals surface area contributed by atoms with Gasteiger partial charge < -0.3 is 15.4 Å². The van der Waals surface area contributed by atoms with E-state index in [0.29, 0.717) is 17.1 Å². The standard InChI is InChI=1S/C25H30ClN3O3S/c26-21-9-5-4-8-20(21)24(31)28-22(19-6-2-1-3-7-19)16-23(30)27-17-25(10-15-33-18-25)29-11-13-32-14-12-29/h1-9,22H,10-18H2,(H,27,30)(H,28,31). The first-order valence-corrected chi connectivity index (χ1v) is 12.9. The Bertz CT molecular complexity index is 947. The van der Waals surface area contributed by atoms with E-state index >= 15 is 0 Å². The van der Waals surface area contributed by atoms with Gasteiger partial charge in [-0.3, -0.25) is 14.5 Å². The number of hydrogen-bond donors (Lipinski definition) is 2. The fourth-order valence-electron chi connectivity index (χ4n) is 4.47. The third kappa shape index (κ3) is 6.09. The van der Waals surface area contributed by atoms with E-state index in [1.54, 1.807) is 24.3 Å². The van der Waals surface area contributed by atoms with Gasteiger partial charge in [-0.25, -0.2) is 0 Å². The number of amides is 2. The molecule has 4 rings (SSSR count). The van der Waals surface area contributed by atoms with Gasteiger partial charge in [0.05, 0.1) is 36.3 Å². The highest BCUT2D eigenvalue weighted by Crippen LogP contribution is 2.33. The van der Waals surface area contributed by atoms with Gasteiger partial charge in [0.15, 0.2) is 0 Å². The molecule has 2 aromatic rings. The largest absolute Gasteiger partial charge is 0.379 e. The molecule has 2 amide bonds. The number of carbonyl (C=O) groups is 2. The molecule has 8 heteroatoms. The summed E-state index contributed by atoms with van der Waals surface area (Å²) in [6, 6.07) is 16.1. The first kappa shape index (κ1) is 24.1. The van der Waals surface area contributed by atoms with Gasteiger partial charge in [-0.15, -0.1) is 0 Å². The van der Waals surface area contributed by atoms with Crippen LogP contribution in [-0.2, 0) is 9.53 Å². The van der Waals surface area contributed by atoms with Crippen LogP contribution in [0.2, 0.25) is 5.02 Å². The maximum atomic E-state index is 13.1. The molecule has 2 heterocycles. The molecular formula is C25H30ClN3O3S. The van der Waals surface area contributed by atoms with Gasteiger partial charge in [0.25, 0.3) is 5.91 Å². The number of nitrogens with zero attached hydrogens (tertiary/aromatic N) is 1. The van der Waals surface area contributed by atoms with Gasteiger partial charge in [0.1, 0.15) is 0 Å². The van der Waals surface area contributed by atoms with E-state index in [2.05, 4.69) is 15.5 Å². The molecular weight excluding hydrogens is 458 g/mol. The van der Waals surface area contributed by atoms with Crippen molar-refractivity contribution in [2.75, 3.05) is 44.4 Å². The number of morpholine rings is 1. The Hall–Kier alpha value is -2.06. The number of rotatable bonds is 8. The second kappa shape index (κ2) is 11.4. The van der Waals surface area contributed by atoms with Crippen molar-refractivity contribution in [3.63, 3.8) is 0 Å². The zero-order chi connectivity index (χ0) is 23.1. The highest BCUT2D eigenvalue weighted by molar-refractivity contribution is 7.99. The predicted molar refractivity (Wildman–Crippen MR) is 133 cm³/mol. The van der Waals surface area contributed by atoms with Crippen LogP contribution in [0.3, 0.4) is 0 Å². The van der Waals surface area contributed by atoms with Crippen molar-refractivity contribution in [1.82, 2.24) is 15.5 Å². The van der Waals surface area contributed by atoms with Gasteiger partial charge in [-0.2, -0.15) is 11.8 Å². The summed E-state index contributed by atoms with van der Waals surface area (Å²) < 4.78 is 5.53.